The van der Waals surface area contributed by atoms with Crippen LogP contribution in [0.4, 0.5) is 0 Å². The molecule has 0 atom stereocenters. The lowest BCUT2D eigenvalue weighted by atomic mass is 10.1. The number of carbonyl (C=O) groups is 2. The maximum Gasteiger partial charge on any atom is 0.320 e. The van der Waals surface area contributed by atoms with Gasteiger partial charge in [0.2, 0.25) is 0 Å². The molecule has 0 fully saturated rings. The van der Waals surface area contributed by atoms with Gasteiger partial charge in [-0.1, -0.05) is 24.3 Å². The standard InChI is InChI=1S/C12H16N2O4/c13-5-11(15)17-7-9-1-2-10(4-3-9)8-18-12(16)6-14/h1-4H,5-8,13-14H2. The van der Waals surface area contributed by atoms with Crippen LogP contribution in [0.3, 0.4) is 0 Å². The number of benzene rings is 1. The summed E-state index contributed by atoms with van der Waals surface area (Å²) in [5.41, 5.74) is 11.9. The third-order valence-electron chi connectivity index (χ3n) is 2.16. The molecule has 18 heavy (non-hydrogen) atoms. The number of nitrogens with two attached hydrogens (primary N) is 2. The maximum atomic E-state index is 10.8. The Morgan fingerprint density at radius 1 is 0.833 bits per heavy atom. The van der Waals surface area contributed by atoms with E-state index in [1.807, 2.05) is 0 Å². The first-order chi connectivity index (χ1) is 8.65. The van der Waals surface area contributed by atoms with Gasteiger partial charge in [-0.3, -0.25) is 9.59 Å². The van der Waals surface area contributed by atoms with Crippen molar-refractivity contribution in [2.75, 3.05) is 13.1 Å². The first-order valence-corrected chi connectivity index (χ1v) is 5.45. The quantitative estimate of drug-likeness (QED) is 0.673. The Kier molecular flexibility index (Phi) is 5.83. The molecule has 0 aromatic heterocycles. The summed E-state index contributed by atoms with van der Waals surface area (Å²) >= 11 is 0. The smallest absolute Gasteiger partial charge is 0.320 e. The topological polar surface area (TPSA) is 105 Å². The Hall–Kier alpha value is -1.92. The summed E-state index contributed by atoms with van der Waals surface area (Å²) < 4.78 is 9.73. The molecule has 1 aromatic carbocycles. The Labute approximate surface area is 105 Å². The van der Waals surface area contributed by atoms with Crippen molar-refractivity contribution in [1.82, 2.24) is 0 Å². The van der Waals surface area contributed by atoms with E-state index in [9.17, 15) is 9.59 Å². The number of hydrogen-bond acceptors (Lipinski definition) is 6. The van der Waals surface area contributed by atoms with Crippen molar-refractivity contribution in [2.24, 2.45) is 11.5 Å². The van der Waals surface area contributed by atoms with Crippen LogP contribution >= 0.6 is 0 Å². The van der Waals surface area contributed by atoms with Crippen molar-refractivity contribution in [1.29, 1.82) is 0 Å². The first-order valence-electron chi connectivity index (χ1n) is 5.45. The molecule has 0 radical (unpaired) electrons. The van der Waals surface area contributed by atoms with Crippen LogP contribution in [0.5, 0.6) is 0 Å². The molecular weight excluding hydrogens is 236 g/mol. The van der Waals surface area contributed by atoms with Crippen molar-refractivity contribution in [3.8, 4) is 0 Å². The molecular formula is C12H16N2O4. The minimum Gasteiger partial charge on any atom is -0.460 e. The molecule has 0 bridgehead atoms. The lowest BCUT2D eigenvalue weighted by Gasteiger charge is -2.06. The molecule has 6 nitrogen and oxygen atoms in total. The van der Waals surface area contributed by atoms with Gasteiger partial charge in [-0.05, 0) is 11.1 Å². The van der Waals surface area contributed by atoms with Crippen molar-refractivity contribution in [2.45, 2.75) is 13.2 Å². The fourth-order valence-electron chi connectivity index (χ4n) is 1.18. The number of rotatable bonds is 6. The van der Waals surface area contributed by atoms with E-state index in [2.05, 4.69) is 0 Å². The Bertz CT molecular complexity index is 364. The van der Waals surface area contributed by atoms with Crippen LogP contribution in [0, 0.1) is 0 Å². The minimum absolute atomic E-state index is 0.132. The van der Waals surface area contributed by atoms with Crippen LogP contribution in [-0.4, -0.2) is 25.0 Å². The highest BCUT2D eigenvalue weighted by Gasteiger charge is 2.02. The van der Waals surface area contributed by atoms with Crippen LogP contribution in [0.2, 0.25) is 0 Å². The predicted molar refractivity (Wildman–Crippen MR) is 64.1 cm³/mol. The fraction of sp³-hybridized carbons (Fsp3) is 0.333. The summed E-state index contributed by atoms with van der Waals surface area (Å²) in [5.74, 6) is -0.896. The number of ether oxygens (including phenoxy) is 2. The zero-order chi connectivity index (χ0) is 13.4. The molecule has 1 rings (SSSR count). The second-order valence-electron chi connectivity index (χ2n) is 3.55. The maximum absolute atomic E-state index is 10.8. The van der Waals surface area contributed by atoms with Crippen LogP contribution in [0.15, 0.2) is 24.3 Å². The summed E-state index contributed by atoms with van der Waals surface area (Å²) in [6, 6.07) is 7.15. The SMILES string of the molecule is NCC(=O)OCc1ccc(COC(=O)CN)cc1. The van der Waals surface area contributed by atoms with E-state index in [4.69, 9.17) is 20.9 Å². The molecule has 1 aromatic rings. The third-order valence-corrected chi connectivity index (χ3v) is 2.16. The van der Waals surface area contributed by atoms with Gasteiger partial charge < -0.3 is 20.9 Å². The molecule has 0 saturated carbocycles. The first kappa shape index (κ1) is 14.1. The summed E-state index contributed by atoms with van der Waals surface area (Å²) in [5, 5.41) is 0. The normalized spacial score (nSPS) is 9.89. The molecule has 0 aliphatic rings. The summed E-state index contributed by atoms with van der Waals surface area (Å²) in [7, 11) is 0. The highest BCUT2D eigenvalue weighted by molar-refractivity contribution is 5.71. The average molecular weight is 252 g/mol. The number of hydrogen-bond donors (Lipinski definition) is 2. The summed E-state index contributed by atoms with van der Waals surface area (Å²) in [6.07, 6.45) is 0. The van der Waals surface area contributed by atoms with Crippen molar-refractivity contribution in [3.63, 3.8) is 0 Å². The highest BCUT2D eigenvalue weighted by Crippen LogP contribution is 2.07. The predicted octanol–water partition coefficient (Wildman–Crippen LogP) is -0.310. The lowest BCUT2D eigenvalue weighted by molar-refractivity contribution is -0.144. The zero-order valence-electron chi connectivity index (χ0n) is 9.93. The van der Waals surface area contributed by atoms with E-state index < -0.39 is 11.9 Å². The van der Waals surface area contributed by atoms with Crippen LogP contribution in [0.25, 0.3) is 0 Å². The second-order valence-corrected chi connectivity index (χ2v) is 3.55. The van der Waals surface area contributed by atoms with E-state index in [-0.39, 0.29) is 26.3 Å². The van der Waals surface area contributed by atoms with Gasteiger partial charge in [0.1, 0.15) is 13.2 Å². The molecule has 0 aliphatic heterocycles. The molecule has 4 N–H and O–H groups in total. The molecule has 0 spiro atoms. The van der Waals surface area contributed by atoms with Crippen LogP contribution < -0.4 is 11.5 Å². The Balaban J connectivity index is 2.42. The molecule has 0 saturated heterocycles. The molecule has 0 aliphatic carbocycles. The van der Waals surface area contributed by atoms with Gasteiger partial charge in [0.15, 0.2) is 0 Å². The van der Waals surface area contributed by atoms with Gasteiger partial charge in [0, 0.05) is 0 Å². The lowest BCUT2D eigenvalue weighted by Crippen LogP contribution is -2.16. The molecule has 0 amide bonds. The average Bonchev–Trinajstić information content (AvgIpc) is 2.43. The van der Waals surface area contributed by atoms with Gasteiger partial charge >= 0.3 is 11.9 Å². The summed E-state index contributed by atoms with van der Waals surface area (Å²) in [4.78, 5) is 21.7. The van der Waals surface area contributed by atoms with Gasteiger partial charge in [0.25, 0.3) is 0 Å². The zero-order valence-corrected chi connectivity index (χ0v) is 9.93. The van der Waals surface area contributed by atoms with Gasteiger partial charge in [-0.25, -0.2) is 0 Å². The van der Waals surface area contributed by atoms with E-state index in [0.29, 0.717) is 0 Å². The number of esters is 2. The van der Waals surface area contributed by atoms with E-state index >= 15 is 0 Å². The van der Waals surface area contributed by atoms with E-state index in [0.717, 1.165) is 11.1 Å². The Morgan fingerprint density at radius 3 is 1.44 bits per heavy atom. The van der Waals surface area contributed by atoms with Gasteiger partial charge in [0.05, 0.1) is 13.1 Å². The monoisotopic (exact) mass is 252 g/mol. The minimum atomic E-state index is -0.448. The van der Waals surface area contributed by atoms with E-state index in [1.54, 1.807) is 24.3 Å². The Morgan fingerprint density at radius 2 is 1.17 bits per heavy atom. The van der Waals surface area contributed by atoms with E-state index in [1.165, 1.54) is 0 Å². The third kappa shape index (κ3) is 4.94. The van der Waals surface area contributed by atoms with Crippen molar-refractivity contribution >= 4 is 11.9 Å². The number of carbonyl (C=O) groups excluding carboxylic acids is 2. The highest BCUT2D eigenvalue weighted by atomic mass is 16.5. The molecule has 0 unspecified atom stereocenters. The van der Waals surface area contributed by atoms with Crippen LogP contribution in [0.1, 0.15) is 11.1 Å². The summed E-state index contributed by atoms with van der Waals surface area (Å²) in [6.45, 7) is 0.0953. The molecule has 0 heterocycles. The second kappa shape index (κ2) is 7.41. The van der Waals surface area contributed by atoms with Crippen LogP contribution in [-0.2, 0) is 32.3 Å². The van der Waals surface area contributed by atoms with Gasteiger partial charge in [-0.2, -0.15) is 0 Å². The molecule has 98 valence electrons. The van der Waals surface area contributed by atoms with Crippen molar-refractivity contribution < 1.29 is 19.1 Å². The van der Waals surface area contributed by atoms with Gasteiger partial charge in [-0.15, -0.1) is 0 Å². The van der Waals surface area contributed by atoms with Crippen molar-refractivity contribution in [3.05, 3.63) is 35.4 Å². The largest absolute Gasteiger partial charge is 0.460 e. The fourth-order valence-corrected chi connectivity index (χ4v) is 1.18. The molecule has 6 heteroatoms.